The monoisotopic (exact) mass is 482 g/mol. The summed E-state index contributed by atoms with van der Waals surface area (Å²) in [5.41, 5.74) is 3.78. The van der Waals surface area contributed by atoms with Gasteiger partial charge in [0.2, 0.25) is 0 Å². The zero-order valence-corrected chi connectivity index (χ0v) is 15.7. The van der Waals surface area contributed by atoms with E-state index in [1.165, 1.54) is 6.21 Å². The van der Waals surface area contributed by atoms with Gasteiger partial charge in [0.1, 0.15) is 12.4 Å². The van der Waals surface area contributed by atoms with Crippen LogP contribution < -0.4 is 10.2 Å². The molecule has 1 amide bonds. The first-order valence-corrected chi connectivity index (χ1v) is 8.42. The predicted octanol–water partition coefficient (Wildman–Crippen LogP) is 3.83. The molecular weight excluding hydrogens is 471 g/mol. The van der Waals surface area contributed by atoms with Gasteiger partial charge in [-0.25, -0.2) is 5.43 Å². The van der Waals surface area contributed by atoms with Crippen LogP contribution in [0.1, 0.15) is 15.9 Å². The van der Waals surface area contributed by atoms with Crippen LogP contribution in [0, 0.1) is 15.9 Å². The molecule has 1 N–H and O–H groups in total. The molecule has 0 radical (unpaired) electrons. The molecule has 2 aromatic carbocycles. The van der Waals surface area contributed by atoms with E-state index < -0.39 is 0 Å². The highest BCUT2D eigenvalue weighted by Gasteiger charge is 2.08. The molecule has 2 aromatic rings. The number of amides is 1. The van der Waals surface area contributed by atoms with Crippen LogP contribution in [0.25, 0.3) is 0 Å². The molecule has 0 saturated carbocycles. The topological polar surface area (TPSA) is 50.7 Å². The van der Waals surface area contributed by atoms with Crippen LogP contribution in [-0.4, -0.2) is 18.7 Å². The highest BCUT2D eigenvalue weighted by Crippen LogP contribution is 2.21. The molecule has 0 aromatic heterocycles. The largest absolute Gasteiger partial charge is 0.480 e. The smallest absolute Gasteiger partial charge is 0.272 e. The van der Waals surface area contributed by atoms with E-state index in [2.05, 4.69) is 55.0 Å². The molecule has 0 aliphatic carbocycles. The second kappa shape index (κ2) is 8.70. The molecule has 0 unspecified atom stereocenters. The van der Waals surface area contributed by atoms with Gasteiger partial charge in [0, 0.05) is 13.6 Å². The molecule has 23 heavy (non-hydrogen) atoms. The van der Waals surface area contributed by atoms with Gasteiger partial charge in [0.05, 0.1) is 11.8 Å². The van der Waals surface area contributed by atoms with Gasteiger partial charge in [0.15, 0.2) is 0 Å². The maximum Gasteiger partial charge on any atom is 0.272 e. The third-order valence-electron chi connectivity index (χ3n) is 2.77. The van der Waals surface area contributed by atoms with Gasteiger partial charge >= 0.3 is 0 Å². The van der Waals surface area contributed by atoms with Crippen LogP contribution in [0.15, 0.2) is 52.0 Å². The van der Waals surface area contributed by atoms with Crippen molar-refractivity contribution in [2.75, 3.05) is 6.61 Å². The lowest BCUT2D eigenvalue weighted by Crippen LogP contribution is -2.18. The van der Waals surface area contributed by atoms with Crippen molar-refractivity contribution in [1.29, 1.82) is 0 Å². The molecule has 0 aliphatic heterocycles. The van der Waals surface area contributed by atoms with Crippen LogP contribution in [-0.2, 0) is 0 Å². The van der Waals surface area contributed by atoms with Crippen molar-refractivity contribution in [2.24, 2.45) is 5.10 Å². The Hall–Kier alpha value is -1.85. The number of nitrogens with one attached hydrogen (secondary N) is 1. The normalized spacial score (nSPS) is 10.3. The minimum absolute atomic E-state index is 0.164. The van der Waals surface area contributed by atoms with Crippen molar-refractivity contribution in [2.45, 2.75) is 0 Å². The van der Waals surface area contributed by atoms with E-state index in [0.717, 1.165) is 8.04 Å². The Morgan fingerprint density at radius 1 is 1.39 bits per heavy atom. The molecule has 0 spiro atoms. The number of carbonyl (C=O) groups excluding carboxylic acids is 1. The average molecular weight is 483 g/mol. The van der Waals surface area contributed by atoms with Gasteiger partial charge in [0.25, 0.3) is 5.91 Å². The first-order valence-electron chi connectivity index (χ1n) is 6.55. The Morgan fingerprint density at radius 2 is 2.17 bits per heavy atom. The third kappa shape index (κ3) is 5.08. The molecule has 116 valence electrons. The number of rotatable bonds is 5. The molecule has 6 heteroatoms. The summed E-state index contributed by atoms with van der Waals surface area (Å²) in [5.74, 6) is 2.74. The fourth-order valence-corrected chi connectivity index (χ4v) is 2.75. The van der Waals surface area contributed by atoms with E-state index in [4.69, 9.17) is 11.2 Å². The zero-order chi connectivity index (χ0) is 16.7. The summed E-state index contributed by atoms with van der Waals surface area (Å²) >= 11 is 5.49. The predicted molar refractivity (Wildman–Crippen MR) is 103 cm³/mol. The van der Waals surface area contributed by atoms with Gasteiger partial charge in [-0.05, 0) is 52.9 Å². The fourth-order valence-electron chi connectivity index (χ4n) is 1.74. The summed E-state index contributed by atoms with van der Waals surface area (Å²) in [7, 11) is 0. The average Bonchev–Trinajstić information content (AvgIpc) is 2.54. The van der Waals surface area contributed by atoms with Crippen molar-refractivity contribution in [3.05, 3.63) is 61.6 Å². The Bertz CT molecular complexity index is 784. The lowest BCUT2D eigenvalue weighted by molar-refractivity contribution is 0.0954. The molecule has 0 saturated heterocycles. The maximum absolute atomic E-state index is 12.1. The number of nitrogens with zero attached hydrogens (tertiary/aromatic N) is 1. The van der Waals surface area contributed by atoms with Crippen LogP contribution in [0.4, 0.5) is 0 Å². The highest BCUT2D eigenvalue weighted by atomic mass is 127. The third-order valence-corrected chi connectivity index (χ3v) is 4.20. The molecule has 2 rings (SSSR count). The maximum atomic E-state index is 12.1. The van der Waals surface area contributed by atoms with Crippen molar-refractivity contribution in [3.63, 3.8) is 0 Å². The number of hydrogen-bond acceptors (Lipinski definition) is 3. The number of halogens is 2. The van der Waals surface area contributed by atoms with E-state index in [0.29, 0.717) is 16.9 Å². The lowest BCUT2D eigenvalue weighted by Gasteiger charge is -2.07. The zero-order valence-electron chi connectivity index (χ0n) is 11.9. The Labute approximate surface area is 156 Å². The fraction of sp³-hybridized carbons (Fsp3) is 0.0588. The van der Waals surface area contributed by atoms with Crippen LogP contribution >= 0.6 is 38.5 Å². The van der Waals surface area contributed by atoms with Crippen molar-refractivity contribution < 1.29 is 9.53 Å². The van der Waals surface area contributed by atoms with Gasteiger partial charge in [-0.1, -0.05) is 34.0 Å². The van der Waals surface area contributed by atoms with Gasteiger partial charge in [-0.3, -0.25) is 4.79 Å². The number of hydrogen-bond donors (Lipinski definition) is 1. The van der Waals surface area contributed by atoms with E-state index in [-0.39, 0.29) is 12.5 Å². The molecule has 0 bridgehead atoms. The molecule has 0 heterocycles. The Morgan fingerprint density at radius 3 is 2.91 bits per heavy atom. The number of carbonyl (C=O) groups is 1. The first kappa shape index (κ1) is 17.5. The number of benzene rings is 2. The van der Waals surface area contributed by atoms with Crippen LogP contribution in [0.2, 0.25) is 0 Å². The summed E-state index contributed by atoms with van der Waals surface area (Å²) in [4.78, 5) is 12.1. The lowest BCUT2D eigenvalue weighted by atomic mass is 10.2. The van der Waals surface area contributed by atoms with E-state index in [9.17, 15) is 4.79 Å². The number of hydrazone groups is 1. The molecular formula is C17H12BrIN2O2. The Kier molecular flexibility index (Phi) is 6.62. The summed E-state index contributed by atoms with van der Waals surface area (Å²) in [5, 5.41) is 3.99. The minimum Gasteiger partial charge on any atom is -0.480 e. The summed E-state index contributed by atoms with van der Waals surface area (Å²) in [6.45, 7) is 0.164. The van der Waals surface area contributed by atoms with Crippen molar-refractivity contribution >= 4 is 50.6 Å². The SMILES string of the molecule is C#CCOc1ccc(Br)cc1/C=N\NC(=O)c1ccccc1I. The van der Waals surface area contributed by atoms with Crippen LogP contribution in [0.3, 0.4) is 0 Å². The summed E-state index contributed by atoms with van der Waals surface area (Å²) in [6, 6.07) is 12.7. The minimum atomic E-state index is -0.271. The molecule has 0 aliphatic rings. The quantitative estimate of drug-likeness (QED) is 0.305. The van der Waals surface area contributed by atoms with E-state index in [1.54, 1.807) is 18.2 Å². The standard InChI is InChI=1S/C17H12BrIN2O2/c1-2-9-23-16-8-7-13(18)10-12(16)11-20-21-17(22)14-5-3-4-6-15(14)19/h1,3-8,10-11H,9H2,(H,21,22)/b20-11-. The summed E-state index contributed by atoms with van der Waals surface area (Å²) < 4.78 is 7.17. The molecule has 0 atom stereocenters. The summed E-state index contributed by atoms with van der Waals surface area (Å²) in [6.07, 6.45) is 6.72. The second-order valence-electron chi connectivity index (χ2n) is 4.35. The first-order chi connectivity index (χ1) is 11.1. The highest BCUT2D eigenvalue weighted by molar-refractivity contribution is 14.1. The van der Waals surface area contributed by atoms with E-state index >= 15 is 0 Å². The number of terminal acetylenes is 1. The Balaban J connectivity index is 2.11. The molecule has 0 fully saturated rings. The van der Waals surface area contributed by atoms with E-state index in [1.807, 2.05) is 24.3 Å². The van der Waals surface area contributed by atoms with Gasteiger partial charge in [-0.2, -0.15) is 5.10 Å². The molecule has 4 nitrogen and oxygen atoms in total. The van der Waals surface area contributed by atoms with Gasteiger partial charge in [-0.15, -0.1) is 6.42 Å². The van der Waals surface area contributed by atoms with Gasteiger partial charge < -0.3 is 4.74 Å². The van der Waals surface area contributed by atoms with Crippen molar-refractivity contribution in [3.8, 4) is 18.1 Å². The number of ether oxygens (including phenoxy) is 1. The van der Waals surface area contributed by atoms with Crippen molar-refractivity contribution in [1.82, 2.24) is 5.43 Å². The van der Waals surface area contributed by atoms with Crippen LogP contribution in [0.5, 0.6) is 5.75 Å². The second-order valence-corrected chi connectivity index (χ2v) is 6.43.